The SMILES string of the molecule is Cc1cc(OCC(=O)Nc2ccccc2OCC2CCCO2)cc(C)c1Cl. The Bertz CT molecular complexity index is 780. The van der Waals surface area contributed by atoms with Gasteiger partial charge in [-0.2, -0.15) is 0 Å². The summed E-state index contributed by atoms with van der Waals surface area (Å²) in [6.45, 7) is 4.98. The average Bonchev–Trinajstić information content (AvgIpc) is 3.17. The van der Waals surface area contributed by atoms with Crippen LogP contribution in [0.15, 0.2) is 36.4 Å². The van der Waals surface area contributed by atoms with Gasteiger partial charge in [-0.15, -0.1) is 0 Å². The third kappa shape index (κ3) is 5.37. The van der Waals surface area contributed by atoms with Crippen LogP contribution in [0.4, 0.5) is 5.69 Å². The molecule has 3 rings (SSSR count). The first kappa shape index (κ1) is 19.5. The summed E-state index contributed by atoms with van der Waals surface area (Å²) in [6, 6.07) is 11.0. The smallest absolute Gasteiger partial charge is 0.262 e. The van der Waals surface area contributed by atoms with Gasteiger partial charge < -0.3 is 19.5 Å². The summed E-state index contributed by atoms with van der Waals surface area (Å²) in [7, 11) is 0. The molecular formula is C21H24ClNO4. The van der Waals surface area contributed by atoms with Crippen LogP contribution in [0.1, 0.15) is 24.0 Å². The molecule has 0 saturated carbocycles. The van der Waals surface area contributed by atoms with E-state index >= 15 is 0 Å². The van der Waals surface area contributed by atoms with Crippen LogP contribution < -0.4 is 14.8 Å². The lowest BCUT2D eigenvalue weighted by Gasteiger charge is -2.15. The zero-order chi connectivity index (χ0) is 19.2. The van der Waals surface area contributed by atoms with E-state index in [9.17, 15) is 4.79 Å². The molecule has 1 fully saturated rings. The highest BCUT2D eigenvalue weighted by atomic mass is 35.5. The molecule has 0 aromatic heterocycles. The second-order valence-electron chi connectivity index (χ2n) is 6.65. The van der Waals surface area contributed by atoms with Gasteiger partial charge in [0.05, 0.1) is 11.8 Å². The fourth-order valence-electron chi connectivity index (χ4n) is 2.98. The molecule has 2 aromatic carbocycles. The maximum atomic E-state index is 12.3. The zero-order valence-electron chi connectivity index (χ0n) is 15.6. The molecule has 2 aromatic rings. The summed E-state index contributed by atoms with van der Waals surface area (Å²) < 4.78 is 17.0. The number of carbonyl (C=O) groups excluding carboxylic acids is 1. The van der Waals surface area contributed by atoms with Crippen molar-refractivity contribution in [2.75, 3.05) is 25.1 Å². The van der Waals surface area contributed by atoms with Gasteiger partial charge in [-0.05, 0) is 62.1 Å². The summed E-state index contributed by atoms with van der Waals surface area (Å²) in [6.07, 6.45) is 2.18. The van der Waals surface area contributed by atoms with Crippen LogP contribution in [-0.4, -0.2) is 31.8 Å². The number of aryl methyl sites for hydroxylation is 2. The molecule has 1 atom stereocenters. The highest BCUT2D eigenvalue weighted by Crippen LogP contribution is 2.27. The first-order chi connectivity index (χ1) is 13.0. The van der Waals surface area contributed by atoms with Gasteiger partial charge in [-0.25, -0.2) is 0 Å². The predicted molar refractivity (Wildman–Crippen MR) is 106 cm³/mol. The Morgan fingerprint density at radius 3 is 2.67 bits per heavy atom. The van der Waals surface area contributed by atoms with Gasteiger partial charge in [0.1, 0.15) is 18.1 Å². The molecule has 5 nitrogen and oxygen atoms in total. The number of para-hydroxylation sites is 2. The molecule has 1 heterocycles. The summed E-state index contributed by atoms with van der Waals surface area (Å²) in [5, 5.41) is 3.55. The zero-order valence-corrected chi connectivity index (χ0v) is 16.3. The van der Waals surface area contributed by atoms with Crippen LogP contribution >= 0.6 is 11.6 Å². The van der Waals surface area contributed by atoms with Gasteiger partial charge in [0.15, 0.2) is 6.61 Å². The van der Waals surface area contributed by atoms with Crippen molar-refractivity contribution in [2.24, 2.45) is 0 Å². The third-order valence-corrected chi connectivity index (χ3v) is 4.99. The highest BCUT2D eigenvalue weighted by Gasteiger charge is 2.17. The number of amides is 1. The van der Waals surface area contributed by atoms with E-state index in [0.29, 0.717) is 28.8 Å². The van der Waals surface area contributed by atoms with E-state index in [1.165, 1.54) is 0 Å². The Hall–Kier alpha value is -2.24. The molecule has 0 bridgehead atoms. The third-order valence-electron chi connectivity index (χ3n) is 4.39. The van der Waals surface area contributed by atoms with Gasteiger partial charge in [0, 0.05) is 11.6 Å². The van der Waals surface area contributed by atoms with Crippen LogP contribution in [0.25, 0.3) is 0 Å². The van der Waals surface area contributed by atoms with E-state index < -0.39 is 0 Å². The Kier molecular flexibility index (Phi) is 6.58. The molecule has 1 unspecified atom stereocenters. The molecule has 1 saturated heterocycles. The van der Waals surface area contributed by atoms with Crippen molar-refractivity contribution in [3.05, 3.63) is 52.5 Å². The van der Waals surface area contributed by atoms with Gasteiger partial charge in [-0.1, -0.05) is 23.7 Å². The van der Waals surface area contributed by atoms with Crippen LogP contribution in [0.3, 0.4) is 0 Å². The van der Waals surface area contributed by atoms with E-state index in [-0.39, 0.29) is 18.6 Å². The van der Waals surface area contributed by atoms with Crippen molar-refractivity contribution >= 4 is 23.2 Å². The summed E-state index contributed by atoms with van der Waals surface area (Å²) >= 11 is 6.16. The summed E-state index contributed by atoms with van der Waals surface area (Å²) in [5.41, 5.74) is 2.45. The van der Waals surface area contributed by atoms with Crippen LogP contribution in [-0.2, 0) is 9.53 Å². The topological polar surface area (TPSA) is 56.8 Å². The van der Waals surface area contributed by atoms with Crippen molar-refractivity contribution in [3.8, 4) is 11.5 Å². The minimum atomic E-state index is -0.256. The molecule has 144 valence electrons. The number of ether oxygens (including phenoxy) is 3. The average molecular weight is 390 g/mol. The van der Waals surface area contributed by atoms with E-state index in [0.717, 1.165) is 30.6 Å². The maximum Gasteiger partial charge on any atom is 0.262 e. The molecule has 1 N–H and O–H groups in total. The second kappa shape index (κ2) is 9.11. The summed E-state index contributed by atoms with van der Waals surface area (Å²) in [5.74, 6) is 0.987. The number of carbonyl (C=O) groups is 1. The number of hydrogen-bond acceptors (Lipinski definition) is 4. The van der Waals surface area contributed by atoms with Gasteiger partial charge in [-0.3, -0.25) is 4.79 Å². The van der Waals surface area contributed by atoms with E-state index in [1.807, 2.05) is 44.2 Å². The molecule has 6 heteroatoms. The van der Waals surface area contributed by atoms with Crippen molar-refractivity contribution in [2.45, 2.75) is 32.8 Å². The van der Waals surface area contributed by atoms with E-state index in [4.69, 9.17) is 25.8 Å². The normalized spacial score (nSPS) is 16.2. The van der Waals surface area contributed by atoms with Crippen LogP contribution in [0, 0.1) is 13.8 Å². The van der Waals surface area contributed by atoms with Crippen molar-refractivity contribution < 1.29 is 19.0 Å². The molecule has 1 aliphatic rings. The van der Waals surface area contributed by atoms with E-state index in [2.05, 4.69) is 5.32 Å². The van der Waals surface area contributed by atoms with Crippen LogP contribution in [0.5, 0.6) is 11.5 Å². The molecule has 0 aliphatic carbocycles. The number of anilines is 1. The fraction of sp³-hybridized carbons (Fsp3) is 0.381. The largest absolute Gasteiger partial charge is 0.489 e. The molecule has 1 aliphatic heterocycles. The Balaban J connectivity index is 1.56. The molecule has 0 spiro atoms. The van der Waals surface area contributed by atoms with Gasteiger partial charge >= 0.3 is 0 Å². The van der Waals surface area contributed by atoms with Crippen LogP contribution in [0.2, 0.25) is 5.02 Å². The Morgan fingerprint density at radius 1 is 1.22 bits per heavy atom. The van der Waals surface area contributed by atoms with Crippen molar-refractivity contribution in [3.63, 3.8) is 0 Å². The van der Waals surface area contributed by atoms with E-state index in [1.54, 1.807) is 6.07 Å². The molecule has 1 amide bonds. The van der Waals surface area contributed by atoms with Crippen molar-refractivity contribution in [1.29, 1.82) is 0 Å². The lowest BCUT2D eigenvalue weighted by Crippen LogP contribution is -2.21. The Labute approximate surface area is 164 Å². The number of benzene rings is 2. The minimum absolute atomic E-state index is 0.0966. The summed E-state index contributed by atoms with van der Waals surface area (Å²) in [4.78, 5) is 12.3. The second-order valence-corrected chi connectivity index (χ2v) is 7.03. The fourth-order valence-corrected chi connectivity index (χ4v) is 3.09. The maximum absolute atomic E-state index is 12.3. The minimum Gasteiger partial charge on any atom is -0.489 e. The molecule has 0 radical (unpaired) electrons. The predicted octanol–water partition coefficient (Wildman–Crippen LogP) is 4.53. The number of rotatable bonds is 7. The molecular weight excluding hydrogens is 366 g/mol. The molecule has 27 heavy (non-hydrogen) atoms. The number of hydrogen-bond donors (Lipinski definition) is 1. The highest BCUT2D eigenvalue weighted by molar-refractivity contribution is 6.32. The standard InChI is InChI=1S/C21H24ClNO4/c1-14-10-17(11-15(2)21(14)22)26-13-20(24)23-18-7-3-4-8-19(18)27-12-16-6-5-9-25-16/h3-4,7-8,10-11,16H,5-6,9,12-13H2,1-2H3,(H,23,24). The first-order valence-electron chi connectivity index (χ1n) is 9.06. The van der Waals surface area contributed by atoms with Gasteiger partial charge in [0.25, 0.3) is 5.91 Å². The Morgan fingerprint density at radius 2 is 1.96 bits per heavy atom. The number of halogens is 1. The lowest BCUT2D eigenvalue weighted by atomic mass is 10.1. The number of nitrogens with one attached hydrogen (secondary N) is 1. The van der Waals surface area contributed by atoms with Crippen molar-refractivity contribution in [1.82, 2.24) is 0 Å². The monoisotopic (exact) mass is 389 g/mol. The first-order valence-corrected chi connectivity index (χ1v) is 9.43. The van der Waals surface area contributed by atoms with Gasteiger partial charge in [0.2, 0.25) is 0 Å². The lowest BCUT2D eigenvalue weighted by molar-refractivity contribution is -0.118. The quantitative estimate of drug-likeness (QED) is 0.755.